The van der Waals surface area contributed by atoms with E-state index in [9.17, 15) is 0 Å². The van der Waals surface area contributed by atoms with Crippen molar-refractivity contribution in [3.8, 4) is 0 Å². The van der Waals surface area contributed by atoms with Crippen LogP contribution < -0.4 is 5.32 Å². The molecule has 70 valence electrons. The molecular weight excluding hydrogens is 158 g/mol. The van der Waals surface area contributed by atoms with Crippen LogP contribution in [-0.4, -0.2) is 6.54 Å². The summed E-state index contributed by atoms with van der Waals surface area (Å²) < 4.78 is 0. The van der Waals surface area contributed by atoms with E-state index in [4.69, 9.17) is 0 Å². The van der Waals surface area contributed by atoms with Crippen LogP contribution in [0.25, 0.3) is 0 Å². The Morgan fingerprint density at radius 1 is 1.46 bits per heavy atom. The zero-order valence-electron chi connectivity index (χ0n) is 8.43. The minimum atomic E-state index is 0.688. The second-order valence-electron chi connectivity index (χ2n) is 3.90. The van der Waals surface area contributed by atoms with Crippen LogP contribution >= 0.6 is 0 Å². The van der Waals surface area contributed by atoms with Crippen LogP contribution in [-0.2, 0) is 6.42 Å². The topological polar surface area (TPSA) is 12.0 Å². The van der Waals surface area contributed by atoms with Gasteiger partial charge < -0.3 is 5.32 Å². The zero-order chi connectivity index (χ0) is 9.26. The molecule has 0 radical (unpaired) electrons. The van der Waals surface area contributed by atoms with Gasteiger partial charge in [-0.25, -0.2) is 0 Å². The lowest BCUT2D eigenvalue weighted by molar-refractivity contribution is 0.734. The SMILES string of the molecule is CCC(C)c1ccc2c(c1)NCC2. The van der Waals surface area contributed by atoms with E-state index in [1.54, 1.807) is 0 Å². The highest BCUT2D eigenvalue weighted by atomic mass is 14.9. The fraction of sp³-hybridized carbons (Fsp3) is 0.500. The molecule has 0 spiro atoms. The molecule has 2 rings (SSSR count). The summed E-state index contributed by atoms with van der Waals surface area (Å²) in [6, 6.07) is 6.87. The first-order chi connectivity index (χ1) is 6.31. The predicted molar refractivity (Wildman–Crippen MR) is 57.3 cm³/mol. The van der Waals surface area contributed by atoms with Crippen LogP contribution in [0.5, 0.6) is 0 Å². The van der Waals surface area contributed by atoms with Crippen LogP contribution in [0.1, 0.15) is 37.3 Å². The van der Waals surface area contributed by atoms with Gasteiger partial charge in [0.15, 0.2) is 0 Å². The summed E-state index contributed by atoms with van der Waals surface area (Å²) in [5, 5.41) is 3.42. The van der Waals surface area contributed by atoms with Gasteiger partial charge in [0.1, 0.15) is 0 Å². The van der Waals surface area contributed by atoms with Crippen LogP contribution in [0.2, 0.25) is 0 Å². The average molecular weight is 175 g/mol. The molecule has 13 heavy (non-hydrogen) atoms. The molecule has 1 N–H and O–H groups in total. The number of nitrogens with one attached hydrogen (secondary N) is 1. The largest absolute Gasteiger partial charge is 0.384 e. The van der Waals surface area contributed by atoms with Crippen molar-refractivity contribution in [3.63, 3.8) is 0 Å². The Labute approximate surface area is 80.2 Å². The zero-order valence-corrected chi connectivity index (χ0v) is 8.43. The van der Waals surface area contributed by atoms with Crippen LogP contribution in [0.15, 0.2) is 18.2 Å². The van der Waals surface area contributed by atoms with Gasteiger partial charge in [0.05, 0.1) is 0 Å². The Morgan fingerprint density at radius 3 is 3.08 bits per heavy atom. The predicted octanol–water partition coefficient (Wildman–Crippen LogP) is 3.17. The Balaban J connectivity index is 2.30. The molecule has 1 aromatic rings. The molecule has 1 aliphatic rings. The summed E-state index contributed by atoms with van der Waals surface area (Å²) in [5.41, 5.74) is 4.31. The van der Waals surface area contributed by atoms with Crippen molar-refractivity contribution in [3.05, 3.63) is 29.3 Å². The molecule has 0 aliphatic carbocycles. The molecule has 1 heterocycles. The minimum absolute atomic E-state index is 0.688. The first kappa shape index (κ1) is 8.61. The molecule has 1 unspecified atom stereocenters. The highest BCUT2D eigenvalue weighted by Crippen LogP contribution is 2.27. The standard InChI is InChI=1S/C12H17N/c1-3-9(2)11-5-4-10-6-7-13-12(10)8-11/h4-5,8-9,13H,3,6-7H2,1-2H3. The second-order valence-corrected chi connectivity index (χ2v) is 3.90. The number of hydrogen-bond donors (Lipinski definition) is 1. The number of hydrogen-bond acceptors (Lipinski definition) is 1. The lowest BCUT2D eigenvalue weighted by atomic mass is 9.97. The Hall–Kier alpha value is -0.980. The molecule has 0 amide bonds. The lowest BCUT2D eigenvalue weighted by Crippen LogP contribution is -1.94. The normalized spacial score (nSPS) is 16.5. The van der Waals surface area contributed by atoms with E-state index < -0.39 is 0 Å². The van der Waals surface area contributed by atoms with Crippen molar-refractivity contribution in [2.75, 3.05) is 11.9 Å². The maximum Gasteiger partial charge on any atom is 0.0376 e. The van der Waals surface area contributed by atoms with Gasteiger partial charge in [-0.05, 0) is 36.0 Å². The first-order valence-corrected chi connectivity index (χ1v) is 5.18. The Bertz CT molecular complexity index is 304. The van der Waals surface area contributed by atoms with Gasteiger partial charge in [-0.2, -0.15) is 0 Å². The highest BCUT2D eigenvalue weighted by Gasteiger charge is 2.11. The van der Waals surface area contributed by atoms with Crippen LogP contribution in [0.3, 0.4) is 0 Å². The third kappa shape index (κ3) is 1.55. The maximum absolute atomic E-state index is 3.42. The van der Waals surface area contributed by atoms with Gasteiger partial charge in [0.25, 0.3) is 0 Å². The molecule has 0 fully saturated rings. The van der Waals surface area contributed by atoms with Gasteiger partial charge in [-0.1, -0.05) is 26.0 Å². The van der Waals surface area contributed by atoms with E-state index in [1.165, 1.54) is 29.7 Å². The van der Waals surface area contributed by atoms with E-state index in [0.29, 0.717) is 5.92 Å². The molecular formula is C12H17N. The summed E-state index contributed by atoms with van der Waals surface area (Å²) in [6.07, 6.45) is 2.41. The van der Waals surface area contributed by atoms with Crippen LogP contribution in [0.4, 0.5) is 5.69 Å². The third-order valence-electron chi connectivity index (χ3n) is 3.03. The van der Waals surface area contributed by atoms with Gasteiger partial charge in [-0.15, -0.1) is 0 Å². The van der Waals surface area contributed by atoms with Gasteiger partial charge in [-0.3, -0.25) is 0 Å². The number of fused-ring (bicyclic) bond motifs is 1. The van der Waals surface area contributed by atoms with Gasteiger partial charge >= 0.3 is 0 Å². The van der Waals surface area contributed by atoms with Crippen molar-refractivity contribution >= 4 is 5.69 Å². The third-order valence-corrected chi connectivity index (χ3v) is 3.03. The minimum Gasteiger partial charge on any atom is -0.384 e. The molecule has 0 saturated heterocycles. The monoisotopic (exact) mass is 175 g/mol. The molecule has 0 bridgehead atoms. The Kier molecular flexibility index (Phi) is 2.26. The maximum atomic E-state index is 3.42. The number of benzene rings is 1. The summed E-state index contributed by atoms with van der Waals surface area (Å²) in [7, 11) is 0. The molecule has 1 heteroatoms. The quantitative estimate of drug-likeness (QED) is 0.728. The molecule has 1 nitrogen and oxygen atoms in total. The van der Waals surface area contributed by atoms with Crippen molar-refractivity contribution in [2.24, 2.45) is 0 Å². The van der Waals surface area contributed by atoms with E-state index in [1.807, 2.05) is 0 Å². The smallest absolute Gasteiger partial charge is 0.0376 e. The van der Waals surface area contributed by atoms with E-state index in [2.05, 4.69) is 37.4 Å². The van der Waals surface area contributed by atoms with Crippen molar-refractivity contribution < 1.29 is 0 Å². The van der Waals surface area contributed by atoms with Crippen molar-refractivity contribution in [2.45, 2.75) is 32.6 Å². The Morgan fingerprint density at radius 2 is 2.31 bits per heavy atom. The second kappa shape index (κ2) is 3.41. The number of rotatable bonds is 2. The van der Waals surface area contributed by atoms with E-state index in [0.717, 1.165) is 6.54 Å². The summed E-state index contributed by atoms with van der Waals surface area (Å²) in [6.45, 7) is 5.64. The summed E-state index contributed by atoms with van der Waals surface area (Å²) in [5.74, 6) is 0.688. The average Bonchev–Trinajstić information content (AvgIpc) is 2.63. The van der Waals surface area contributed by atoms with E-state index in [-0.39, 0.29) is 0 Å². The molecule has 1 aromatic carbocycles. The molecule has 0 aromatic heterocycles. The van der Waals surface area contributed by atoms with Crippen molar-refractivity contribution in [1.82, 2.24) is 0 Å². The van der Waals surface area contributed by atoms with Crippen LogP contribution in [0, 0.1) is 0 Å². The molecule has 1 atom stereocenters. The molecule has 1 aliphatic heterocycles. The summed E-state index contributed by atoms with van der Waals surface area (Å²) in [4.78, 5) is 0. The number of anilines is 1. The fourth-order valence-corrected chi connectivity index (χ4v) is 1.85. The highest BCUT2D eigenvalue weighted by molar-refractivity contribution is 5.57. The fourth-order valence-electron chi connectivity index (χ4n) is 1.85. The van der Waals surface area contributed by atoms with Gasteiger partial charge in [0, 0.05) is 12.2 Å². The van der Waals surface area contributed by atoms with Gasteiger partial charge in [0.2, 0.25) is 0 Å². The van der Waals surface area contributed by atoms with Crippen molar-refractivity contribution in [1.29, 1.82) is 0 Å². The van der Waals surface area contributed by atoms with E-state index >= 15 is 0 Å². The molecule has 0 saturated carbocycles. The summed E-state index contributed by atoms with van der Waals surface area (Å²) >= 11 is 0. The first-order valence-electron chi connectivity index (χ1n) is 5.18. The lowest BCUT2D eigenvalue weighted by Gasteiger charge is -2.10.